The van der Waals surface area contributed by atoms with Gasteiger partial charge in [0.1, 0.15) is 55.4 Å². The maximum Gasteiger partial charge on any atom is 0.253 e. The average Bonchev–Trinajstić information content (AvgIpc) is 3.23. The molecule has 18 heteroatoms. The van der Waals surface area contributed by atoms with Gasteiger partial charge in [0.15, 0.2) is 0 Å². The number of carbonyl (C=O) groups is 5. The van der Waals surface area contributed by atoms with Crippen molar-refractivity contribution in [3.05, 3.63) is 77.1 Å². The summed E-state index contributed by atoms with van der Waals surface area (Å²) >= 11 is 0. The van der Waals surface area contributed by atoms with Crippen molar-refractivity contribution in [3.8, 4) is 28.7 Å². The molecule has 2 heterocycles. The molecular formula is C41H55N11O7. The Labute approximate surface area is 343 Å². The Morgan fingerprint density at radius 2 is 1.63 bits per heavy atom. The van der Waals surface area contributed by atoms with Gasteiger partial charge in [0.05, 0.1) is 17.3 Å². The van der Waals surface area contributed by atoms with Crippen LogP contribution >= 0.6 is 0 Å². The van der Waals surface area contributed by atoms with Crippen molar-refractivity contribution in [1.29, 1.82) is 5.26 Å². The number of amides is 5. The van der Waals surface area contributed by atoms with Gasteiger partial charge in [0, 0.05) is 49.9 Å². The predicted molar refractivity (Wildman–Crippen MR) is 219 cm³/mol. The molecule has 4 bridgehead atoms. The van der Waals surface area contributed by atoms with Gasteiger partial charge in [-0.3, -0.25) is 29.0 Å². The Hall–Kier alpha value is -6.13. The molecule has 0 fully saturated rings. The molecule has 5 amide bonds. The van der Waals surface area contributed by atoms with Gasteiger partial charge in [-0.05, 0) is 73.8 Å². The average molecular weight is 814 g/mol. The number of nitrogens with one attached hydrogen (secondary N) is 4. The molecule has 0 saturated carbocycles. The summed E-state index contributed by atoms with van der Waals surface area (Å²) in [4.78, 5) is 74.8. The lowest BCUT2D eigenvalue weighted by atomic mass is 9.93. The molecule has 0 spiro atoms. The molecule has 0 radical (unpaired) electrons. The highest BCUT2D eigenvalue weighted by Crippen LogP contribution is 2.40. The second-order valence-corrected chi connectivity index (χ2v) is 14.1. The second kappa shape index (κ2) is 22.1. The van der Waals surface area contributed by atoms with Crippen molar-refractivity contribution in [1.82, 2.24) is 31.2 Å². The fourth-order valence-electron chi connectivity index (χ4n) is 6.59. The van der Waals surface area contributed by atoms with Crippen LogP contribution in [0.5, 0.6) is 11.5 Å². The summed E-state index contributed by atoms with van der Waals surface area (Å²) in [6.07, 6.45) is 3.00. The number of ether oxygens (including phenoxy) is 2. The summed E-state index contributed by atoms with van der Waals surface area (Å²) in [6.45, 7) is 3.85. The maximum atomic E-state index is 14.4. The third-order valence-electron chi connectivity index (χ3n) is 9.64. The first-order valence-electron chi connectivity index (χ1n) is 19.5. The van der Waals surface area contributed by atoms with Gasteiger partial charge in [-0.25, -0.2) is 0 Å². The molecule has 1 aromatic heterocycles. The topological polar surface area (TPSA) is 296 Å². The van der Waals surface area contributed by atoms with E-state index in [1.807, 2.05) is 13.0 Å². The van der Waals surface area contributed by atoms with Crippen LogP contribution in [0.2, 0.25) is 0 Å². The molecule has 59 heavy (non-hydrogen) atoms. The summed E-state index contributed by atoms with van der Waals surface area (Å²) < 4.78 is 12.1. The van der Waals surface area contributed by atoms with Crippen molar-refractivity contribution < 1.29 is 33.4 Å². The second-order valence-electron chi connectivity index (χ2n) is 14.1. The highest BCUT2D eigenvalue weighted by atomic mass is 16.5. The standard InChI is InChI=1S/C41H55N11O7/c1-4-5-30(46)31-9-7-27(23-48-31)38(54)50-32(12-13-42)41(57)52(3)36-26-8-11-35(59-19-16-45)29(22-26)28-20-25(6-10-34(28)58-18-15-44)21-33(39(55)47-17-14-43)51-37(53)24(2)49-40(36)56/h6-11,20,22-24,30,32-33,36H,4-5,12-13,15-19,21,42,44-46H2,1-3H3,(H,47,55)(H,49,56)(H,50,54)(H,51,53)/t24-,30?,32-,33-,36-/m0/s1. The van der Waals surface area contributed by atoms with Gasteiger partial charge in [-0.15, -0.1) is 0 Å². The van der Waals surface area contributed by atoms with E-state index in [1.54, 1.807) is 48.5 Å². The fourth-order valence-corrected chi connectivity index (χ4v) is 6.59. The number of pyridine rings is 1. The molecule has 1 aliphatic heterocycles. The molecule has 3 aromatic rings. The van der Waals surface area contributed by atoms with Crippen molar-refractivity contribution >= 4 is 29.5 Å². The first kappa shape index (κ1) is 45.6. The highest BCUT2D eigenvalue weighted by Gasteiger charge is 2.36. The van der Waals surface area contributed by atoms with Crippen LogP contribution in [-0.2, 0) is 25.6 Å². The monoisotopic (exact) mass is 813 g/mol. The number of nitrogens with zero attached hydrogens (tertiary/aromatic N) is 3. The quantitative estimate of drug-likeness (QED) is 0.0838. The van der Waals surface area contributed by atoms with E-state index in [4.69, 9.17) is 37.7 Å². The Morgan fingerprint density at radius 3 is 2.24 bits per heavy atom. The molecular weight excluding hydrogens is 759 g/mol. The summed E-state index contributed by atoms with van der Waals surface area (Å²) in [6, 6.07) is 10.0. The molecule has 0 saturated heterocycles. The molecule has 4 rings (SSSR count). The highest BCUT2D eigenvalue weighted by molar-refractivity contribution is 5.99. The van der Waals surface area contributed by atoms with Crippen LogP contribution in [0, 0.1) is 11.3 Å². The number of nitrogens with two attached hydrogens (primary N) is 4. The minimum absolute atomic E-state index is 0.00718. The van der Waals surface area contributed by atoms with E-state index < -0.39 is 53.7 Å². The van der Waals surface area contributed by atoms with Gasteiger partial charge >= 0.3 is 0 Å². The zero-order valence-electron chi connectivity index (χ0n) is 33.7. The first-order chi connectivity index (χ1) is 28.4. The van der Waals surface area contributed by atoms with E-state index >= 15 is 0 Å². The number of carbonyl (C=O) groups excluding carboxylic acids is 5. The van der Waals surface area contributed by atoms with Gasteiger partial charge in [0.25, 0.3) is 5.91 Å². The third-order valence-corrected chi connectivity index (χ3v) is 9.64. The summed E-state index contributed by atoms with van der Waals surface area (Å²) in [5.74, 6) is -2.52. The number of fused-ring (bicyclic) bond motifs is 5. The van der Waals surface area contributed by atoms with Crippen LogP contribution in [0.3, 0.4) is 0 Å². The zero-order valence-corrected chi connectivity index (χ0v) is 33.7. The summed E-state index contributed by atoms with van der Waals surface area (Å²) in [5, 5.41) is 19.7. The Bertz CT molecular complexity index is 1990. The van der Waals surface area contributed by atoms with Crippen molar-refractivity contribution in [3.63, 3.8) is 0 Å². The molecule has 18 nitrogen and oxygen atoms in total. The predicted octanol–water partition coefficient (Wildman–Crippen LogP) is 0.0558. The number of aromatic nitrogens is 1. The zero-order chi connectivity index (χ0) is 43.1. The Balaban J connectivity index is 1.83. The lowest BCUT2D eigenvalue weighted by molar-refractivity contribution is -0.141. The number of hydrogen-bond acceptors (Lipinski definition) is 13. The summed E-state index contributed by atoms with van der Waals surface area (Å²) in [5.41, 5.74) is 26.4. The van der Waals surface area contributed by atoms with Crippen LogP contribution in [0.4, 0.5) is 0 Å². The Morgan fingerprint density at radius 1 is 0.949 bits per heavy atom. The number of likely N-dealkylation sites (N-methyl/N-ethyl adjacent to an activating group) is 1. The molecule has 12 N–H and O–H groups in total. The van der Waals surface area contributed by atoms with E-state index in [-0.39, 0.29) is 63.8 Å². The van der Waals surface area contributed by atoms with Gasteiger partial charge in [0.2, 0.25) is 23.6 Å². The number of benzene rings is 2. The molecule has 5 atom stereocenters. The smallest absolute Gasteiger partial charge is 0.253 e. The van der Waals surface area contributed by atoms with E-state index in [1.165, 1.54) is 25.1 Å². The first-order valence-corrected chi connectivity index (χ1v) is 19.5. The van der Waals surface area contributed by atoms with Crippen LogP contribution in [-0.4, -0.2) is 104 Å². The van der Waals surface area contributed by atoms with Crippen LogP contribution in [0.15, 0.2) is 54.7 Å². The normalized spacial score (nSPS) is 17.5. The van der Waals surface area contributed by atoms with E-state index in [9.17, 15) is 24.0 Å². The maximum absolute atomic E-state index is 14.4. The third kappa shape index (κ3) is 12.0. The van der Waals surface area contributed by atoms with Crippen molar-refractivity contribution in [2.45, 2.75) is 69.7 Å². The minimum atomic E-state index is -1.38. The van der Waals surface area contributed by atoms with Crippen LogP contribution in [0.1, 0.15) is 72.4 Å². The molecule has 2 aromatic carbocycles. The molecule has 0 aliphatic carbocycles. The molecule has 1 unspecified atom stereocenters. The molecule has 1 aliphatic rings. The lowest BCUT2D eigenvalue weighted by Crippen LogP contribution is -2.56. The van der Waals surface area contributed by atoms with Gasteiger partial charge < -0.3 is 58.6 Å². The van der Waals surface area contributed by atoms with E-state index in [2.05, 4.69) is 26.3 Å². The van der Waals surface area contributed by atoms with Crippen molar-refractivity contribution in [2.24, 2.45) is 22.9 Å². The van der Waals surface area contributed by atoms with E-state index in [0.717, 1.165) is 12.8 Å². The Kier molecular flexibility index (Phi) is 17.1. The number of nitriles is 1. The number of rotatable bonds is 17. The van der Waals surface area contributed by atoms with Crippen LogP contribution in [0.25, 0.3) is 11.1 Å². The van der Waals surface area contributed by atoms with Gasteiger partial charge in [-0.2, -0.15) is 5.26 Å². The largest absolute Gasteiger partial charge is 0.492 e. The SMILES string of the molecule is CCCC(N)c1ccc(C(=O)N[C@@H](CCN)C(=O)N(C)[C@@H]2C(=O)N[C@@H](C)C(=O)N[C@H](C(=O)NCC#N)Cc3ccc(OCCN)c(c3)-c3cc2ccc3OCCN)cn1. The van der Waals surface area contributed by atoms with Gasteiger partial charge in [-0.1, -0.05) is 25.5 Å². The minimum Gasteiger partial charge on any atom is -0.492 e. The fraction of sp³-hybridized carbons (Fsp3) is 0.439. The van der Waals surface area contributed by atoms with E-state index in [0.29, 0.717) is 39.4 Å². The number of hydrogen-bond donors (Lipinski definition) is 8. The summed E-state index contributed by atoms with van der Waals surface area (Å²) in [7, 11) is 1.41. The van der Waals surface area contributed by atoms with Crippen LogP contribution < -0.4 is 53.7 Å². The molecule has 316 valence electrons. The van der Waals surface area contributed by atoms with Crippen molar-refractivity contribution in [2.75, 3.05) is 46.4 Å². The lowest BCUT2D eigenvalue weighted by Gasteiger charge is -2.32.